The summed E-state index contributed by atoms with van der Waals surface area (Å²) in [5.41, 5.74) is 3.41. The quantitative estimate of drug-likeness (QED) is 0.662. The van der Waals surface area contributed by atoms with E-state index in [1.165, 1.54) is 0 Å². The molecule has 5 nitrogen and oxygen atoms in total. The van der Waals surface area contributed by atoms with Gasteiger partial charge in [0.05, 0.1) is 6.04 Å². The van der Waals surface area contributed by atoms with Gasteiger partial charge in [0.2, 0.25) is 0 Å². The Bertz CT molecular complexity index is 862. The first-order valence-corrected chi connectivity index (χ1v) is 11.4. The van der Waals surface area contributed by atoms with Gasteiger partial charge >= 0.3 is 0 Å². The molecule has 0 radical (unpaired) electrons. The second-order valence-electron chi connectivity index (χ2n) is 8.70. The van der Waals surface area contributed by atoms with Crippen LogP contribution >= 0.6 is 11.6 Å². The SMILES string of the molecule is Cc1ccc(C(C)C)c(OCC(=O)NCC(c2ccc(Cl)cc2)N2CCN(C)CC2)c1. The lowest BCUT2D eigenvalue weighted by molar-refractivity contribution is -0.123. The number of benzene rings is 2. The van der Waals surface area contributed by atoms with Crippen LogP contribution in [0.2, 0.25) is 5.02 Å². The van der Waals surface area contributed by atoms with Crippen LogP contribution in [0.3, 0.4) is 0 Å². The van der Waals surface area contributed by atoms with E-state index in [4.69, 9.17) is 16.3 Å². The third-order valence-electron chi connectivity index (χ3n) is 5.88. The van der Waals surface area contributed by atoms with Crippen LogP contribution in [0.1, 0.15) is 42.5 Å². The number of piperazine rings is 1. The highest BCUT2D eigenvalue weighted by molar-refractivity contribution is 6.30. The van der Waals surface area contributed by atoms with E-state index in [0.717, 1.165) is 53.6 Å². The van der Waals surface area contributed by atoms with Gasteiger partial charge < -0.3 is 15.0 Å². The Labute approximate surface area is 191 Å². The molecule has 1 N–H and O–H groups in total. The van der Waals surface area contributed by atoms with Crippen LogP contribution in [-0.4, -0.2) is 62.1 Å². The summed E-state index contributed by atoms with van der Waals surface area (Å²) < 4.78 is 5.90. The minimum Gasteiger partial charge on any atom is -0.483 e. The molecule has 1 amide bonds. The molecule has 1 saturated heterocycles. The summed E-state index contributed by atoms with van der Waals surface area (Å²) in [5, 5.41) is 3.81. The molecule has 1 atom stereocenters. The van der Waals surface area contributed by atoms with Gasteiger partial charge in [0.25, 0.3) is 5.91 Å². The third-order valence-corrected chi connectivity index (χ3v) is 6.13. The third kappa shape index (κ3) is 6.70. The number of carbonyl (C=O) groups excluding carboxylic acids is 1. The Morgan fingerprint density at radius 1 is 1.10 bits per heavy atom. The average molecular weight is 444 g/mol. The largest absolute Gasteiger partial charge is 0.483 e. The van der Waals surface area contributed by atoms with Crippen molar-refractivity contribution >= 4 is 17.5 Å². The van der Waals surface area contributed by atoms with Gasteiger partial charge in [-0.1, -0.05) is 49.7 Å². The van der Waals surface area contributed by atoms with E-state index >= 15 is 0 Å². The van der Waals surface area contributed by atoms with E-state index in [1.54, 1.807) is 0 Å². The zero-order valence-corrected chi connectivity index (χ0v) is 19.8. The summed E-state index contributed by atoms with van der Waals surface area (Å²) in [6, 6.07) is 14.2. The van der Waals surface area contributed by atoms with E-state index in [9.17, 15) is 4.79 Å². The van der Waals surface area contributed by atoms with Crippen molar-refractivity contribution < 1.29 is 9.53 Å². The van der Waals surface area contributed by atoms with Gasteiger partial charge in [0, 0.05) is 37.7 Å². The Kier molecular flexibility index (Phi) is 8.35. The number of likely N-dealkylation sites (N-methyl/N-ethyl adjacent to an activating group) is 1. The summed E-state index contributed by atoms with van der Waals surface area (Å²) in [4.78, 5) is 17.4. The van der Waals surface area contributed by atoms with Crippen molar-refractivity contribution in [1.82, 2.24) is 15.1 Å². The zero-order valence-electron chi connectivity index (χ0n) is 19.0. The predicted octanol–water partition coefficient (Wildman–Crippen LogP) is 4.26. The molecule has 0 bridgehead atoms. The first-order chi connectivity index (χ1) is 14.8. The molecule has 1 unspecified atom stereocenters. The smallest absolute Gasteiger partial charge is 0.258 e. The minimum absolute atomic E-state index is 0.0131. The molecule has 1 heterocycles. The van der Waals surface area contributed by atoms with Gasteiger partial charge in [-0.3, -0.25) is 9.69 Å². The number of aryl methyl sites for hydroxylation is 1. The highest BCUT2D eigenvalue weighted by Crippen LogP contribution is 2.27. The maximum atomic E-state index is 12.6. The molecule has 0 aliphatic carbocycles. The molecule has 0 aromatic heterocycles. The normalized spacial score (nSPS) is 16.3. The maximum absolute atomic E-state index is 12.6. The van der Waals surface area contributed by atoms with Crippen LogP contribution in [0, 0.1) is 6.92 Å². The number of amides is 1. The summed E-state index contributed by atoms with van der Waals surface area (Å²) in [6.07, 6.45) is 0. The average Bonchev–Trinajstić information content (AvgIpc) is 2.74. The molecule has 0 spiro atoms. The topological polar surface area (TPSA) is 44.8 Å². The Morgan fingerprint density at radius 2 is 1.77 bits per heavy atom. The van der Waals surface area contributed by atoms with Crippen molar-refractivity contribution in [3.8, 4) is 5.75 Å². The molecule has 1 aliphatic heterocycles. The van der Waals surface area contributed by atoms with Crippen LogP contribution in [0.5, 0.6) is 5.75 Å². The number of rotatable bonds is 8. The lowest BCUT2D eigenvalue weighted by atomic mass is 10.0. The van der Waals surface area contributed by atoms with Gasteiger partial charge in [-0.15, -0.1) is 0 Å². The highest BCUT2D eigenvalue weighted by atomic mass is 35.5. The monoisotopic (exact) mass is 443 g/mol. The minimum atomic E-state index is -0.107. The fourth-order valence-electron chi connectivity index (χ4n) is 3.92. The number of hydrogen-bond acceptors (Lipinski definition) is 4. The van der Waals surface area contributed by atoms with Gasteiger partial charge in [0.1, 0.15) is 5.75 Å². The standard InChI is InChI=1S/C25H34ClN3O2/c1-18(2)22-10-5-19(3)15-24(22)31-17-25(30)27-16-23(20-6-8-21(26)9-7-20)29-13-11-28(4)12-14-29/h5-10,15,18,23H,11-14,16-17H2,1-4H3,(H,27,30). The van der Waals surface area contributed by atoms with E-state index < -0.39 is 0 Å². The summed E-state index contributed by atoms with van der Waals surface area (Å²) in [7, 11) is 2.14. The number of halogens is 1. The number of nitrogens with one attached hydrogen (secondary N) is 1. The van der Waals surface area contributed by atoms with Crippen LogP contribution in [0.4, 0.5) is 0 Å². The fourth-order valence-corrected chi connectivity index (χ4v) is 4.05. The molecular weight excluding hydrogens is 410 g/mol. The van der Waals surface area contributed by atoms with Gasteiger partial charge in [-0.05, 0) is 54.8 Å². The first kappa shape index (κ1) is 23.6. The Balaban J connectivity index is 1.62. The molecule has 2 aromatic rings. The van der Waals surface area contributed by atoms with E-state index in [0.29, 0.717) is 12.5 Å². The number of ether oxygens (including phenoxy) is 1. The Hall–Kier alpha value is -2.08. The lowest BCUT2D eigenvalue weighted by Gasteiger charge is -2.38. The molecule has 0 saturated carbocycles. The summed E-state index contributed by atoms with van der Waals surface area (Å²) in [6.45, 7) is 10.8. The van der Waals surface area contributed by atoms with Crippen molar-refractivity contribution in [3.63, 3.8) is 0 Å². The van der Waals surface area contributed by atoms with Crippen molar-refractivity contribution in [3.05, 3.63) is 64.2 Å². The predicted molar refractivity (Wildman–Crippen MR) is 127 cm³/mol. The fraction of sp³-hybridized carbons (Fsp3) is 0.480. The van der Waals surface area contributed by atoms with E-state index in [1.807, 2.05) is 25.1 Å². The lowest BCUT2D eigenvalue weighted by Crippen LogP contribution is -2.48. The van der Waals surface area contributed by atoms with Crippen LogP contribution in [0.25, 0.3) is 0 Å². The summed E-state index contributed by atoms with van der Waals surface area (Å²) >= 11 is 6.09. The van der Waals surface area contributed by atoms with Crippen LogP contribution < -0.4 is 10.1 Å². The number of hydrogen-bond donors (Lipinski definition) is 1. The van der Waals surface area contributed by atoms with Gasteiger partial charge in [-0.25, -0.2) is 0 Å². The molecule has 3 rings (SSSR count). The van der Waals surface area contributed by atoms with Crippen LogP contribution in [0.15, 0.2) is 42.5 Å². The van der Waals surface area contributed by atoms with Gasteiger partial charge in [-0.2, -0.15) is 0 Å². The number of carbonyl (C=O) groups is 1. The molecule has 1 aliphatic rings. The van der Waals surface area contributed by atoms with E-state index in [-0.39, 0.29) is 18.6 Å². The van der Waals surface area contributed by atoms with Crippen LogP contribution in [-0.2, 0) is 4.79 Å². The zero-order chi connectivity index (χ0) is 22.4. The molecule has 31 heavy (non-hydrogen) atoms. The van der Waals surface area contributed by atoms with Gasteiger partial charge in [0.15, 0.2) is 6.61 Å². The second-order valence-corrected chi connectivity index (χ2v) is 9.13. The number of nitrogens with zero attached hydrogens (tertiary/aromatic N) is 2. The molecule has 1 fully saturated rings. The molecule has 2 aromatic carbocycles. The van der Waals surface area contributed by atoms with Crippen molar-refractivity contribution in [2.75, 3.05) is 46.4 Å². The van der Waals surface area contributed by atoms with Crippen molar-refractivity contribution in [2.24, 2.45) is 0 Å². The summed E-state index contributed by atoms with van der Waals surface area (Å²) in [5.74, 6) is 1.02. The highest BCUT2D eigenvalue weighted by Gasteiger charge is 2.24. The van der Waals surface area contributed by atoms with E-state index in [2.05, 4.69) is 60.3 Å². The van der Waals surface area contributed by atoms with Crippen molar-refractivity contribution in [2.45, 2.75) is 32.7 Å². The Morgan fingerprint density at radius 3 is 2.42 bits per heavy atom. The molecular formula is C25H34ClN3O2. The van der Waals surface area contributed by atoms with Crippen molar-refractivity contribution in [1.29, 1.82) is 0 Å². The second kappa shape index (κ2) is 11.0. The molecule has 6 heteroatoms. The molecule has 168 valence electrons. The first-order valence-electron chi connectivity index (χ1n) is 11.0. The maximum Gasteiger partial charge on any atom is 0.258 e.